The van der Waals surface area contributed by atoms with E-state index in [1.807, 2.05) is 13.0 Å². The van der Waals surface area contributed by atoms with Crippen LogP contribution in [-0.2, 0) is 4.79 Å². The number of nitrogens with zero attached hydrogens (tertiary/aromatic N) is 1. The number of hydrogen-bond acceptors (Lipinski definition) is 3. The molecule has 1 unspecified atom stereocenters. The second kappa shape index (κ2) is 4.72. The summed E-state index contributed by atoms with van der Waals surface area (Å²) in [6.45, 7) is 3.37. The number of H-pyrrole nitrogens is 1. The fourth-order valence-electron chi connectivity index (χ4n) is 2.02. The summed E-state index contributed by atoms with van der Waals surface area (Å²) in [6.07, 6.45) is 0. The van der Waals surface area contributed by atoms with Gasteiger partial charge in [-0.2, -0.15) is 0 Å². The van der Waals surface area contributed by atoms with Crippen molar-refractivity contribution in [2.24, 2.45) is 0 Å². The molecule has 1 heterocycles. The van der Waals surface area contributed by atoms with Crippen LogP contribution in [-0.4, -0.2) is 22.5 Å². The normalized spacial score (nSPS) is 12.4. The molecule has 6 heteroatoms. The maximum absolute atomic E-state index is 12.3. The molecule has 0 aliphatic heterocycles. The summed E-state index contributed by atoms with van der Waals surface area (Å²) in [7, 11) is 1.46. The predicted molar refractivity (Wildman–Crippen MR) is 72.3 cm³/mol. The molecule has 1 amide bonds. The maximum atomic E-state index is 12.3. The molecule has 2 rings (SSSR count). The maximum Gasteiger partial charge on any atom is 0.329 e. The van der Waals surface area contributed by atoms with Gasteiger partial charge < -0.3 is 10.3 Å². The number of carbonyl (C=O) groups excluding carboxylic acids is 1. The highest BCUT2D eigenvalue weighted by atomic mass is 16.2. The first-order valence-electron chi connectivity index (χ1n) is 5.92. The molecule has 1 aromatic carbocycles. The Morgan fingerprint density at radius 1 is 1.37 bits per heavy atom. The zero-order valence-electron chi connectivity index (χ0n) is 11.0. The number of fused-ring (bicyclic) bond motifs is 1. The number of aryl methyl sites for hydroxylation is 1. The van der Waals surface area contributed by atoms with Crippen molar-refractivity contribution in [2.45, 2.75) is 19.9 Å². The predicted octanol–water partition coefficient (Wildman–Crippen LogP) is 0.305. The third-order valence-corrected chi connectivity index (χ3v) is 3.10. The molecule has 0 saturated heterocycles. The topological polar surface area (TPSA) is 84.0 Å². The molecule has 6 nitrogen and oxygen atoms in total. The molecular weight excluding hydrogens is 246 g/mol. The minimum atomic E-state index is -0.855. The fourth-order valence-corrected chi connectivity index (χ4v) is 2.02. The first-order valence-corrected chi connectivity index (χ1v) is 5.92. The van der Waals surface area contributed by atoms with Gasteiger partial charge in [0.05, 0.1) is 10.9 Å². The standard InChI is InChI=1S/C13H15N3O3/c1-7-4-5-10-9(6-7)12(18)16(13(19)15-10)8(2)11(17)14-3/h4-6,8H,1-3H3,(H,14,17)(H,15,19). The van der Waals surface area contributed by atoms with E-state index < -0.39 is 17.3 Å². The van der Waals surface area contributed by atoms with Gasteiger partial charge in [0.1, 0.15) is 6.04 Å². The van der Waals surface area contributed by atoms with Crippen LogP contribution in [0.5, 0.6) is 0 Å². The highest BCUT2D eigenvalue weighted by Gasteiger charge is 2.18. The van der Waals surface area contributed by atoms with E-state index in [9.17, 15) is 14.4 Å². The number of hydrogen-bond donors (Lipinski definition) is 2. The smallest absolute Gasteiger partial charge is 0.329 e. The van der Waals surface area contributed by atoms with Gasteiger partial charge in [-0.3, -0.25) is 9.59 Å². The molecule has 19 heavy (non-hydrogen) atoms. The number of amides is 1. The van der Waals surface area contributed by atoms with Crippen molar-refractivity contribution in [3.8, 4) is 0 Å². The Labute approximate surface area is 109 Å². The fraction of sp³-hybridized carbons (Fsp3) is 0.308. The highest BCUT2D eigenvalue weighted by Crippen LogP contribution is 2.09. The summed E-state index contributed by atoms with van der Waals surface area (Å²) in [5.41, 5.74) is 0.341. The lowest BCUT2D eigenvalue weighted by atomic mass is 10.1. The molecule has 100 valence electrons. The van der Waals surface area contributed by atoms with Crippen LogP contribution < -0.4 is 16.6 Å². The molecule has 1 aromatic heterocycles. The summed E-state index contributed by atoms with van der Waals surface area (Å²) in [6, 6.07) is 4.33. The van der Waals surface area contributed by atoms with Gasteiger partial charge >= 0.3 is 5.69 Å². The SMILES string of the molecule is CNC(=O)C(C)n1c(=O)[nH]c2ccc(C)cc2c1=O. The third kappa shape index (κ3) is 2.16. The van der Waals surface area contributed by atoms with Gasteiger partial charge in [-0.05, 0) is 26.0 Å². The molecule has 0 aliphatic rings. The second-order valence-corrected chi connectivity index (χ2v) is 4.44. The molecule has 1 atom stereocenters. The molecular formula is C13H15N3O3. The van der Waals surface area contributed by atoms with E-state index >= 15 is 0 Å². The average molecular weight is 261 g/mol. The van der Waals surface area contributed by atoms with Crippen molar-refractivity contribution in [2.75, 3.05) is 7.05 Å². The number of likely N-dealkylation sites (N-methyl/N-ethyl adjacent to an activating group) is 1. The zero-order chi connectivity index (χ0) is 14.2. The largest absolute Gasteiger partial charge is 0.357 e. The van der Waals surface area contributed by atoms with E-state index in [0.29, 0.717) is 10.9 Å². The van der Waals surface area contributed by atoms with Gasteiger partial charge in [-0.1, -0.05) is 11.6 Å². The summed E-state index contributed by atoms with van der Waals surface area (Å²) in [5, 5.41) is 2.82. The summed E-state index contributed by atoms with van der Waals surface area (Å²) in [4.78, 5) is 38.5. The van der Waals surface area contributed by atoms with Gasteiger partial charge in [-0.15, -0.1) is 0 Å². The quantitative estimate of drug-likeness (QED) is 0.815. The number of aromatic nitrogens is 2. The number of nitrogens with one attached hydrogen (secondary N) is 2. The summed E-state index contributed by atoms with van der Waals surface area (Å²) in [5.74, 6) is -0.389. The number of rotatable bonds is 2. The Balaban J connectivity index is 2.79. The molecule has 0 aliphatic carbocycles. The van der Waals surface area contributed by atoms with Crippen molar-refractivity contribution < 1.29 is 4.79 Å². The minimum Gasteiger partial charge on any atom is -0.357 e. The van der Waals surface area contributed by atoms with Crippen LogP contribution in [0.25, 0.3) is 10.9 Å². The van der Waals surface area contributed by atoms with Gasteiger partial charge in [0, 0.05) is 7.05 Å². The summed E-state index contributed by atoms with van der Waals surface area (Å²) < 4.78 is 0.931. The van der Waals surface area contributed by atoms with Crippen molar-refractivity contribution >= 4 is 16.8 Å². The van der Waals surface area contributed by atoms with Gasteiger partial charge in [0.25, 0.3) is 5.56 Å². The van der Waals surface area contributed by atoms with Crippen LogP contribution in [0.4, 0.5) is 0 Å². The van der Waals surface area contributed by atoms with E-state index in [1.165, 1.54) is 14.0 Å². The van der Waals surface area contributed by atoms with E-state index in [4.69, 9.17) is 0 Å². The van der Waals surface area contributed by atoms with Crippen LogP contribution in [0, 0.1) is 6.92 Å². The molecule has 0 bridgehead atoms. The van der Waals surface area contributed by atoms with Gasteiger partial charge in [-0.25, -0.2) is 9.36 Å². The first kappa shape index (κ1) is 13.1. The molecule has 2 aromatic rings. The van der Waals surface area contributed by atoms with Crippen LogP contribution in [0.15, 0.2) is 27.8 Å². The third-order valence-electron chi connectivity index (χ3n) is 3.10. The Morgan fingerprint density at radius 3 is 2.68 bits per heavy atom. The molecule has 0 saturated carbocycles. The highest BCUT2D eigenvalue weighted by molar-refractivity contribution is 5.81. The zero-order valence-corrected chi connectivity index (χ0v) is 11.0. The Morgan fingerprint density at radius 2 is 2.05 bits per heavy atom. The van der Waals surface area contributed by atoms with Crippen molar-refractivity contribution in [1.29, 1.82) is 0 Å². The average Bonchev–Trinajstić information content (AvgIpc) is 2.38. The van der Waals surface area contributed by atoms with Crippen LogP contribution in [0.3, 0.4) is 0 Å². The molecule has 0 fully saturated rings. The van der Waals surface area contributed by atoms with Gasteiger partial charge in [0.2, 0.25) is 5.91 Å². The molecule has 0 radical (unpaired) electrons. The van der Waals surface area contributed by atoms with Crippen LogP contribution >= 0.6 is 0 Å². The van der Waals surface area contributed by atoms with Crippen molar-refractivity contribution in [1.82, 2.24) is 14.9 Å². The lowest BCUT2D eigenvalue weighted by Crippen LogP contribution is -2.42. The lowest BCUT2D eigenvalue weighted by molar-refractivity contribution is -0.123. The van der Waals surface area contributed by atoms with Crippen molar-refractivity contribution in [3.05, 3.63) is 44.6 Å². The minimum absolute atomic E-state index is 0.389. The Kier molecular flexibility index (Phi) is 3.25. The van der Waals surface area contributed by atoms with Crippen LogP contribution in [0.1, 0.15) is 18.5 Å². The van der Waals surface area contributed by atoms with E-state index in [1.54, 1.807) is 12.1 Å². The van der Waals surface area contributed by atoms with E-state index in [0.717, 1.165) is 10.1 Å². The number of carbonyl (C=O) groups is 1. The first-order chi connectivity index (χ1) is 8.95. The molecule has 2 N–H and O–H groups in total. The van der Waals surface area contributed by atoms with E-state index in [-0.39, 0.29) is 5.91 Å². The Hall–Kier alpha value is -2.37. The Bertz CT molecular complexity index is 758. The van der Waals surface area contributed by atoms with E-state index in [2.05, 4.69) is 10.3 Å². The van der Waals surface area contributed by atoms with Crippen molar-refractivity contribution in [3.63, 3.8) is 0 Å². The van der Waals surface area contributed by atoms with Gasteiger partial charge in [0.15, 0.2) is 0 Å². The second-order valence-electron chi connectivity index (χ2n) is 4.44. The monoisotopic (exact) mass is 261 g/mol. The molecule has 0 spiro atoms. The van der Waals surface area contributed by atoms with Crippen LogP contribution in [0.2, 0.25) is 0 Å². The lowest BCUT2D eigenvalue weighted by Gasteiger charge is -2.13. The number of aromatic amines is 1. The summed E-state index contributed by atoms with van der Waals surface area (Å²) >= 11 is 0. The number of benzene rings is 1.